The van der Waals surface area contributed by atoms with Gasteiger partial charge in [0.05, 0.1) is 6.04 Å². The molecule has 0 aromatic heterocycles. The Bertz CT molecular complexity index is 975. The Balaban J connectivity index is 1.34. The number of amides is 1. The summed E-state index contributed by atoms with van der Waals surface area (Å²) in [5, 5.41) is 3.23. The summed E-state index contributed by atoms with van der Waals surface area (Å²) in [6, 6.07) is 15.4. The van der Waals surface area contributed by atoms with Crippen LogP contribution in [0.15, 0.2) is 42.5 Å². The molecule has 1 amide bonds. The number of ether oxygens (including phenoxy) is 1. The molecule has 3 fully saturated rings. The highest BCUT2D eigenvalue weighted by Crippen LogP contribution is 2.46. The molecule has 31 heavy (non-hydrogen) atoms. The predicted octanol–water partition coefficient (Wildman–Crippen LogP) is 5.36. The minimum atomic E-state index is -0.259. The lowest BCUT2D eigenvalue weighted by atomic mass is 9.85. The van der Waals surface area contributed by atoms with Crippen molar-refractivity contribution in [3.05, 3.63) is 59.2 Å². The first kappa shape index (κ1) is 20.6. The maximum absolute atomic E-state index is 12.9. The lowest BCUT2D eigenvalue weighted by Gasteiger charge is -2.44. The maximum Gasteiger partial charge on any atom is 0.407 e. The first-order valence-corrected chi connectivity index (χ1v) is 11.8. The molecular weight excluding hydrogens is 384 g/mol. The molecule has 6 rings (SSSR count). The molecule has 4 nitrogen and oxygen atoms in total. The molecule has 0 spiro atoms. The summed E-state index contributed by atoms with van der Waals surface area (Å²) in [7, 11) is 0. The van der Waals surface area contributed by atoms with Crippen LogP contribution < -0.4 is 5.32 Å². The Morgan fingerprint density at radius 2 is 1.94 bits per heavy atom. The molecule has 1 N–H and O–H groups in total. The molecule has 4 heteroatoms. The Morgan fingerprint density at radius 1 is 1.16 bits per heavy atom. The summed E-state index contributed by atoms with van der Waals surface area (Å²) in [6.07, 6.45) is 4.06. The summed E-state index contributed by atoms with van der Waals surface area (Å²) >= 11 is 0. The third-order valence-corrected chi connectivity index (χ3v) is 7.71. The van der Waals surface area contributed by atoms with Crippen molar-refractivity contribution in [1.29, 1.82) is 0 Å². The number of benzene rings is 2. The molecule has 4 aliphatic rings. The van der Waals surface area contributed by atoms with Gasteiger partial charge in [-0.05, 0) is 77.9 Å². The van der Waals surface area contributed by atoms with E-state index in [1.807, 2.05) is 0 Å². The number of carbonyl (C=O) groups excluding carboxylic acids is 1. The highest BCUT2D eigenvalue weighted by Gasteiger charge is 2.42. The van der Waals surface area contributed by atoms with Crippen molar-refractivity contribution in [2.24, 2.45) is 11.3 Å². The van der Waals surface area contributed by atoms with E-state index in [1.54, 1.807) is 0 Å². The van der Waals surface area contributed by atoms with Crippen LogP contribution in [0.2, 0.25) is 0 Å². The fourth-order valence-electron chi connectivity index (χ4n) is 5.94. The number of piperidine rings is 3. The van der Waals surface area contributed by atoms with Gasteiger partial charge >= 0.3 is 6.09 Å². The number of nitrogens with zero attached hydrogens (tertiary/aromatic N) is 1. The quantitative estimate of drug-likeness (QED) is 0.727. The van der Waals surface area contributed by atoms with Crippen molar-refractivity contribution >= 4 is 6.09 Å². The van der Waals surface area contributed by atoms with Crippen LogP contribution in [-0.2, 0) is 17.6 Å². The molecule has 2 atom stereocenters. The largest absolute Gasteiger partial charge is 0.445 e. The van der Waals surface area contributed by atoms with Crippen LogP contribution in [0, 0.1) is 11.3 Å². The van der Waals surface area contributed by atoms with Crippen molar-refractivity contribution in [1.82, 2.24) is 10.2 Å². The van der Waals surface area contributed by atoms with E-state index in [-0.39, 0.29) is 23.7 Å². The van der Waals surface area contributed by atoms with E-state index in [0.717, 1.165) is 45.3 Å². The molecule has 3 heterocycles. The van der Waals surface area contributed by atoms with Crippen LogP contribution in [0.25, 0.3) is 11.1 Å². The van der Waals surface area contributed by atoms with Gasteiger partial charge < -0.3 is 10.1 Å². The van der Waals surface area contributed by atoms with Crippen LogP contribution >= 0.6 is 0 Å². The molecule has 3 aliphatic heterocycles. The van der Waals surface area contributed by atoms with Gasteiger partial charge in [0.25, 0.3) is 0 Å². The number of fused-ring (bicyclic) bond motifs is 4. The summed E-state index contributed by atoms with van der Waals surface area (Å²) in [5.41, 5.74) is 6.47. The monoisotopic (exact) mass is 418 g/mol. The summed E-state index contributed by atoms with van der Waals surface area (Å²) in [4.78, 5) is 15.3. The van der Waals surface area contributed by atoms with E-state index in [1.165, 1.54) is 27.8 Å². The van der Waals surface area contributed by atoms with E-state index >= 15 is 0 Å². The van der Waals surface area contributed by atoms with Crippen LogP contribution in [0.4, 0.5) is 4.79 Å². The molecule has 2 aromatic carbocycles. The van der Waals surface area contributed by atoms with Crippen molar-refractivity contribution in [2.75, 3.05) is 19.6 Å². The molecule has 0 radical (unpaired) electrons. The Morgan fingerprint density at radius 3 is 2.65 bits per heavy atom. The summed E-state index contributed by atoms with van der Waals surface area (Å²) < 4.78 is 5.93. The molecule has 1 aliphatic carbocycles. The van der Waals surface area contributed by atoms with E-state index < -0.39 is 0 Å². The molecule has 0 saturated carbocycles. The smallest absolute Gasteiger partial charge is 0.407 e. The SMILES string of the molecule is CCc1ccccc1-c1ccc2c(c1)CC(C)(C)C2NC(=O)O[C@@H]1CN2CCC1CC2. The third-order valence-electron chi connectivity index (χ3n) is 7.71. The number of carbonyl (C=O) groups is 1. The zero-order valence-electron chi connectivity index (χ0n) is 19.0. The number of hydrogen-bond donors (Lipinski definition) is 1. The molecule has 164 valence electrons. The fraction of sp³-hybridized carbons (Fsp3) is 0.519. The first-order valence-electron chi connectivity index (χ1n) is 11.8. The Labute approximate surface area is 186 Å². The van der Waals surface area contributed by atoms with Crippen molar-refractivity contribution in [2.45, 2.75) is 58.6 Å². The van der Waals surface area contributed by atoms with Gasteiger partial charge in [0.2, 0.25) is 0 Å². The van der Waals surface area contributed by atoms with E-state index in [4.69, 9.17) is 4.74 Å². The Kier molecular flexibility index (Phi) is 5.29. The average Bonchev–Trinajstić information content (AvgIpc) is 3.03. The number of hydrogen-bond acceptors (Lipinski definition) is 3. The lowest BCUT2D eigenvalue weighted by Crippen LogP contribution is -2.53. The van der Waals surface area contributed by atoms with E-state index in [0.29, 0.717) is 5.92 Å². The minimum absolute atomic E-state index is 0.0217. The molecule has 1 unspecified atom stereocenters. The zero-order chi connectivity index (χ0) is 21.6. The topological polar surface area (TPSA) is 41.6 Å². The van der Waals surface area contributed by atoms with Crippen molar-refractivity contribution in [3.63, 3.8) is 0 Å². The average molecular weight is 419 g/mol. The van der Waals surface area contributed by atoms with Crippen LogP contribution in [0.5, 0.6) is 0 Å². The standard InChI is InChI=1S/C27H34N2O2/c1-4-18-7-5-6-8-22(18)20-9-10-23-21(15-20)16-27(2,3)25(23)28-26(30)31-24-17-29-13-11-19(24)12-14-29/h5-10,15,19,24-25H,4,11-14,16-17H2,1-3H3,(H,28,30)/t24-,25?/m1/s1. The zero-order valence-corrected chi connectivity index (χ0v) is 19.0. The van der Waals surface area contributed by atoms with Crippen LogP contribution in [0.3, 0.4) is 0 Å². The third kappa shape index (κ3) is 3.87. The highest BCUT2D eigenvalue weighted by atomic mass is 16.6. The van der Waals surface area contributed by atoms with Gasteiger partial charge in [0.15, 0.2) is 0 Å². The van der Waals surface area contributed by atoms with Crippen molar-refractivity contribution < 1.29 is 9.53 Å². The molecule has 2 aromatic rings. The second kappa shape index (κ2) is 7.98. The second-order valence-electron chi connectivity index (χ2n) is 10.2. The van der Waals surface area contributed by atoms with E-state index in [2.05, 4.69) is 73.5 Å². The predicted molar refractivity (Wildman–Crippen MR) is 124 cm³/mol. The van der Waals surface area contributed by atoms with Crippen molar-refractivity contribution in [3.8, 4) is 11.1 Å². The van der Waals surface area contributed by atoms with Gasteiger partial charge in [-0.25, -0.2) is 4.79 Å². The Hall–Kier alpha value is -2.33. The minimum Gasteiger partial charge on any atom is -0.445 e. The highest BCUT2D eigenvalue weighted by molar-refractivity contribution is 5.71. The lowest BCUT2D eigenvalue weighted by molar-refractivity contribution is -0.0348. The number of aryl methyl sites for hydroxylation is 1. The van der Waals surface area contributed by atoms with Gasteiger partial charge in [-0.15, -0.1) is 0 Å². The van der Waals surface area contributed by atoms with Gasteiger partial charge in [-0.1, -0.05) is 63.2 Å². The number of nitrogens with one attached hydrogen (secondary N) is 1. The molecule has 3 saturated heterocycles. The second-order valence-corrected chi connectivity index (χ2v) is 10.2. The normalized spacial score (nSPS) is 28.2. The van der Waals surface area contributed by atoms with Crippen LogP contribution in [0.1, 0.15) is 56.3 Å². The molecule has 2 bridgehead atoms. The van der Waals surface area contributed by atoms with Gasteiger partial charge in [0, 0.05) is 6.54 Å². The number of alkyl carbamates (subject to hydrolysis) is 1. The van der Waals surface area contributed by atoms with Crippen LogP contribution in [-0.4, -0.2) is 36.7 Å². The fourth-order valence-corrected chi connectivity index (χ4v) is 5.94. The summed E-state index contributed by atoms with van der Waals surface area (Å²) in [5.74, 6) is 0.529. The molecular formula is C27H34N2O2. The van der Waals surface area contributed by atoms with Gasteiger partial charge in [-0.2, -0.15) is 0 Å². The number of rotatable bonds is 4. The van der Waals surface area contributed by atoms with Gasteiger partial charge in [-0.3, -0.25) is 4.90 Å². The maximum atomic E-state index is 12.9. The van der Waals surface area contributed by atoms with Gasteiger partial charge in [0.1, 0.15) is 6.10 Å². The van der Waals surface area contributed by atoms with E-state index in [9.17, 15) is 4.79 Å². The first-order chi connectivity index (χ1) is 14.9. The summed E-state index contributed by atoms with van der Waals surface area (Å²) in [6.45, 7) is 9.88.